The van der Waals surface area contributed by atoms with E-state index in [1.54, 1.807) is 0 Å². The van der Waals surface area contributed by atoms with E-state index in [2.05, 4.69) is 6.58 Å². The van der Waals surface area contributed by atoms with Crippen LogP contribution in [0, 0.1) is 5.82 Å². The third kappa shape index (κ3) is 3.20. The van der Waals surface area contributed by atoms with Gasteiger partial charge in [0, 0.05) is 0 Å². The predicted octanol–water partition coefficient (Wildman–Crippen LogP) is 3.79. The van der Waals surface area contributed by atoms with Gasteiger partial charge in [-0.2, -0.15) is 13.2 Å². The Balaban J connectivity index is 2.76. The monoisotopic (exact) mass is 204 g/mol. The summed E-state index contributed by atoms with van der Waals surface area (Å²) in [7, 11) is 0. The lowest BCUT2D eigenvalue weighted by atomic mass is 10.0. The number of benzene rings is 1. The highest BCUT2D eigenvalue weighted by atomic mass is 19.4. The molecular formula is C10H8F4. The van der Waals surface area contributed by atoms with Gasteiger partial charge in [0.15, 0.2) is 0 Å². The molecule has 76 valence electrons. The van der Waals surface area contributed by atoms with Gasteiger partial charge in [-0.25, -0.2) is 4.39 Å². The van der Waals surface area contributed by atoms with Gasteiger partial charge in [-0.05, 0) is 23.3 Å². The lowest BCUT2D eigenvalue weighted by Gasteiger charge is -2.08. The Kier molecular flexibility index (Phi) is 2.93. The molecule has 0 radical (unpaired) electrons. The minimum absolute atomic E-state index is 0.0579. The number of halogens is 4. The molecule has 1 rings (SSSR count). The van der Waals surface area contributed by atoms with E-state index in [1.165, 1.54) is 12.1 Å². The number of hydrogen-bond donors (Lipinski definition) is 0. The molecule has 4 heteroatoms. The smallest absolute Gasteiger partial charge is 0.207 e. The summed E-state index contributed by atoms with van der Waals surface area (Å²) in [6.45, 7) is 3.30. The van der Waals surface area contributed by atoms with E-state index in [0.717, 1.165) is 12.1 Å². The Morgan fingerprint density at radius 3 is 2.07 bits per heavy atom. The van der Waals surface area contributed by atoms with Crippen molar-refractivity contribution < 1.29 is 17.6 Å². The summed E-state index contributed by atoms with van der Waals surface area (Å²) >= 11 is 0. The lowest BCUT2D eigenvalue weighted by molar-refractivity contribution is -0.122. The Bertz CT molecular complexity index is 321. The molecule has 0 aliphatic carbocycles. The van der Waals surface area contributed by atoms with Gasteiger partial charge in [-0.15, -0.1) is 0 Å². The van der Waals surface area contributed by atoms with Gasteiger partial charge in [-0.3, -0.25) is 0 Å². The molecule has 0 amide bonds. The first-order chi connectivity index (χ1) is 6.38. The van der Waals surface area contributed by atoms with Crippen molar-refractivity contribution in [1.82, 2.24) is 0 Å². The van der Waals surface area contributed by atoms with E-state index in [1.807, 2.05) is 0 Å². The molecule has 0 fully saturated rings. The van der Waals surface area contributed by atoms with Crippen LogP contribution in [0.5, 0.6) is 0 Å². The fourth-order valence-electron chi connectivity index (χ4n) is 1.03. The molecule has 0 unspecified atom stereocenters. The molecule has 1 aromatic carbocycles. The normalized spacial score (nSPS) is 11.4. The van der Waals surface area contributed by atoms with E-state index < -0.39 is 18.4 Å². The first kappa shape index (κ1) is 10.8. The molecule has 0 bridgehead atoms. The molecule has 0 aliphatic heterocycles. The summed E-state index contributed by atoms with van der Waals surface area (Å²) in [6, 6.07) is 4.78. The maximum Gasteiger partial charge on any atom is 0.393 e. The molecule has 0 aliphatic rings. The van der Waals surface area contributed by atoms with Crippen LogP contribution in [0.4, 0.5) is 17.6 Å². The number of alkyl halides is 3. The molecule has 0 heterocycles. The molecule has 0 saturated carbocycles. The fraction of sp³-hybridized carbons (Fsp3) is 0.200. The first-order valence-electron chi connectivity index (χ1n) is 3.89. The van der Waals surface area contributed by atoms with Crippen molar-refractivity contribution in [3.63, 3.8) is 0 Å². The van der Waals surface area contributed by atoms with Gasteiger partial charge >= 0.3 is 6.18 Å². The Morgan fingerprint density at radius 2 is 1.64 bits per heavy atom. The maximum absolute atomic E-state index is 12.4. The fourth-order valence-corrected chi connectivity index (χ4v) is 1.03. The van der Waals surface area contributed by atoms with E-state index in [0.29, 0.717) is 5.56 Å². The highest BCUT2D eigenvalue weighted by Crippen LogP contribution is 2.28. The van der Waals surface area contributed by atoms with Gasteiger partial charge in [0.25, 0.3) is 0 Å². The molecule has 0 nitrogen and oxygen atoms in total. The van der Waals surface area contributed by atoms with Gasteiger partial charge in [0.05, 0.1) is 6.42 Å². The van der Waals surface area contributed by atoms with E-state index in [4.69, 9.17) is 0 Å². The third-order valence-corrected chi connectivity index (χ3v) is 1.67. The van der Waals surface area contributed by atoms with Crippen molar-refractivity contribution in [3.05, 3.63) is 42.2 Å². The van der Waals surface area contributed by atoms with Gasteiger partial charge in [0.1, 0.15) is 5.82 Å². The quantitative estimate of drug-likeness (QED) is 0.643. The zero-order chi connectivity index (χ0) is 10.8. The Labute approximate surface area is 78.9 Å². The third-order valence-electron chi connectivity index (χ3n) is 1.67. The second kappa shape index (κ2) is 3.82. The zero-order valence-electron chi connectivity index (χ0n) is 7.24. The van der Waals surface area contributed by atoms with Crippen LogP contribution in [0.1, 0.15) is 12.0 Å². The minimum Gasteiger partial charge on any atom is -0.207 e. The number of rotatable bonds is 2. The molecule has 0 aromatic heterocycles. The molecule has 0 saturated heterocycles. The van der Waals surface area contributed by atoms with Crippen LogP contribution in [-0.4, -0.2) is 6.18 Å². The topological polar surface area (TPSA) is 0 Å². The van der Waals surface area contributed by atoms with Gasteiger partial charge < -0.3 is 0 Å². The Hall–Kier alpha value is -1.32. The van der Waals surface area contributed by atoms with Crippen molar-refractivity contribution in [3.8, 4) is 0 Å². The second-order valence-corrected chi connectivity index (χ2v) is 2.90. The van der Waals surface area contributed by atoms with Crippen molar-refractivity contribution in [2.75, 3.05) is 0 Å². The molecule has 0 spiro atoms. The van der Waals surface area contributed by atoms with Crippen LogP contribution in [-0.2, 0) is 0 Å². The highest BCUT2D eigenvalue weighted by Gasteiger charge is 2.28. The van der Waals surface area contributed by atoms with Crippen molar-refractivity contribution in [2.24, 2.45) is 0 Å². The largest absolute Gasteiger partial charge is 0.393 e. The van der Waals surface area contributed by atoms with E-state index >= 15 is 0 Å². The second-order valence-electron chi connectivity index (χ2n) is 2.90. The predicted molar refractivity (Wildman–Crippen MR) is 46.1 cm³/mol. The van der Waals surface area contributed by atoms with Crippen LogP contribution in [0.25, 0.3) is 5.57 Å². The summed E-state index contributed by atoms with van der Waals surface area (Å²) in [5.74, 6) is -0.478. The van der Waals surface area contributed by atoms with Gasteiger partial charge in [0.2, 0.25) is 0 Å². The molecule has 0 atom stereocenters. The minimum atomic E-state index is -4.27. The maximum atomic E-state index is 12.4. The number of hydrogen-bond acceptors (Lipinski definition) is 0. The van der Waals surface area contributed by atoms with Crippen molar-refractivity contribution in [2.45, 2.75) is 12.6 Å². The SMILES string of the molecule is C=C(CC(F)(F)F)c1ccc(F)cc1. The lowest BCUT2D eigenvalue weighted by Crippen LogP contribution is -2.07. The van der Waals surface area contributed by atoms with E-state index in [9.17, 15) is 17.6 Å². The summed E-state index contributed by atoms with van der Waals surface area (Å²) in [5.41, 5.74) is 0.251. The first-order valence-corrected chi connectivity index (χ1v) is 3.89. The summed E-state index contributed by atoms with van der Waals surface area (Å²) < 4.78 is 48.2. The average Bonchev–Trinajstić information content (AvgIpc) is 2.02. The van der Waals surface area contributed by atoms with Crippen LogP contribution in [0.15, 0.2) is 30.8 Å². The standard InChI is InChI=1S/C10H8F4/c1-7(6-10(12,13)14)8-2-4-9(11)5-3-8/h2-5H,1,6H2. The molecule has 1 aromatic rings. The van der Waals surface area contributed by atoms with Gasteiger partial charge in [-0.1, -0.05) is 18.7 Å². The summed E-state index contributed by atoms with van der Waals surface area (Å²) in [4.78, 5) is 0. The van der Waals surface area contributed by atoms with Crippen LogP contribution >= 0.6 is 0 Å². The highest BCUT2D eigenvalue weighted by molar-refractivity contribution is 5.63. The van der Waals surface area contributed by atoms with E-state index in [-0.39, 0.29) is 5.57 Å². The molecular weight excluding hydrogens is 196 g/mol. The van der Waals surface area contributed by atoms with Crippen LogP contribution in [0.2, 0.25) is 0 Å². The average molecular weight is 204 g/mol. The summed E-state index contributed by atoms with van der Waals surface area (Å²) in [6.07, 6.45) is -5.34. The van der Waals surface area contributed by atoms with Crippen molar-refractivity contribution in [1.29, 1.82) is 0 Å². The molecule has 14 heavy (non-hydrogen) atoms. The zero-order valence-corrected chi connectivity index (χ0v) is 7.24. The molecule has 0 N–H and O–H groups in total. The summed E-state index contributed by atoms with van der Waals surface area (Å²) in [5, 5.41) is 0. The number of allylic oxidation sites excluding steroid dienone is 1. The van der Waals surface area contributed by atoms with Crippen molar-refractivity contribution >= 4 is 5.57 Å². The Morgan fingerprint density at radius 1 is 1.14 bits per heavy atom. The van der Waals surface area contributed by atoms with Crippen LogP contribution in [0.3, 0.4) is 0 Å². The van der Waals surface area contributed by atoms with Crippen LogP contribution < -0.4 is 0 Å².